The van der Waals surface area contributed by atoms with Crippen LogP contribution in [0, 0.1) is 18.3 Å². The zero-order valence-corrected chi connectivity index (χ0v) is 17.6. The predicted octanol–water partition coefficient (Wildman–Crippen LogP) is 4.01. The second-order valence-corrected chi connectivity index (χ2v) is 7.58. The van der Waals surface area contributed by atoms with Gasteiger partial charge in [0, 0.05) is 29.9 Å². The summed E-state index contributed by atoms with van der Waals surface area (Å²) in [6.45, 7) is 3.07. The number of nitriles is 1. The molecular formula is C25H24N2O4. The average Bonchev–Trinajstić information content (AvgIpc) is 3.32. The number of methoxy groups -OCH3 is 1. The molecule has 0 aromatic heterocycles. The first-order valence-electron chi connectivity index (χ1n) is 10.3. The van der Waals surface area contributed by atoms with Gasteiger partial charge < -0.3 is 19.5 Å². The van der Waals surface area contributed by atoms with Crippen molar-refractivity contribution < 1.29 is 19.0 Å². The summed E-state index contributed by atoms with van der Waals surface area (Å²) in [6, 6.07) is 15.3. The summed E-state index contributed by atoms with van der Waals surface area (Å²) in [5.74, 6) is 1.49. The highest BCUT2D eigenvalue weighted by molar-refractivity contribution is 6.09. The molecule has 1 amide bonds. The summed E-state index contributed by atoms with van der Waals surface area (Å²) < 4.78 is 16.9. The number of allylic oxidation sites excluding steroid dienone is 2. The van der Waals surface area contributed by atoms with Gasteiger partial charge in [0.1, 0.15) is 28.9 Å². The van der Waals surface area contributed by atoms with Crippen molar-refractivity contribution in [2.24, 2.45) is 0 Å². The maximum absolute atomic E-state index is 12.9. The number of aryl methyl sites for hydroxylation is 1. The molecule has 2 aromatic rings. The second-order valence-electron chi connectivity index (χ2n) is 7.58. The molecule has 1 N–H and O–H groups in total. The Hall–Kier alpha value is -3.56. The average molecular weight is 416 g/mol. The van der Waals surface area contributed by atoms with Crippen LogP contribution in [0.2, 0.25) is 0 Å². The summed E-state index contributed by atoms with van der Waals surface area (Å²) in [5, 5.41) is 12.7. The molecule has 2 heterocycles. The van der Waals surface area contributed by atoms with Gasteiger partial charge in [0.05, 0.1) is 13.2 Å². The zero-order valence-electron chi connectivity index (χ0n) is 17.6. The van der Waals surface area contributed by atoms with E-state index in [1.807, 2.05) is 49.4 Å². The molecule has 2 aliphatic rings. The topological polar surface area (TPSA) is 80.6 Å². The van der Waals surface area contributed by atoms with Crippen LogP contribution in [0.1, 0.15) is 29.5 Å². The summed E-state index contributed by atoms with van der Waals surface area (Å²) in [6.07, 6.45) is 3.66. The zero-order chi connectivity index (χ0) is 21.8. The lowest BCUT2D eigenvalue weighted by molar-refractivity contribution is -0.117. The van der Waals surface area contributed by atoms with Crippen LogP contribution in [0.25, 0.3) is 11.3 Å². The third-order valence-electron chi connectivity index (χ3n) is 5.42. The first-order chi connectivity index (χ1) is 15.1. The van der Waals surface area contributed by atoms with Crippen LogP contribution < -0.4 is 14.8 Å². The molecule has 4 rings (SSSR count). The highest BCUT2D eigenvalue weighted by Gasteiger charge is 2.25. The number of carbonyl (C=O) groups excluding carboxylic acids is 1. The van der Waals surface area contributed by atoms with Crippen LogP contribution in [-0.2, 0) is 9.53 Å². The minimum Gasteiger partial charge on any atom is -0.497 e. The number of rotatable bonds is 5. The number of fused-ring (bicyclic) bond motifs is 1. The Bertz CT molecular complexity index is 1090. The van der Waals surface area contributed by atoms with Crippen LogP contribution >= 0.6 is 0 Å². The van der Waals surface area contributed by atoms with E-state index in [1.54, 1.807) is 13.2 Å². The van der Waals surface area contributed by atoms with E-state index in [9.17, 15) is 10.1 Å². The Morgan fingerprint density at radius 3 is 2.74 bits per heavy atom. The Balaban J connectivity index is 1.73. The number of amides is 1. The fourth-order valence-corrected chi connectivity index (χ4v) is 3.74. The summed E-state index contributed by atoms with van der Waals surface area (Å²) >= 11 is 0. The largest absolute Gasteiger partial charge is 0.497 e. The van der Waals surface area contributed by atoms with Crippen molar-refractivity contribution in [3.8, 4) is 17.6 Å². The molecule has 0 bridgehead atoms. The molecule has 1 unspecified atom stereocenters. The van der Waals surface area contributed by atoms with Crippen molar-refractivity contribution in [2.75, 3.05) is 20.3 Å². The van der Waals surface area contributed by atoms with Crippen molar-refractivity contribution in [1.82, 2.24) is 5.32 Å². The lowest BCUT2D eigenvalue weighted by Gasteiger charge is -2.22. The van der Waals surface area contributed by atoms with E-state index < -0.39 is 5.91 Å². The minimum atomic E-state index is -0.410. The minimum absolute atomic E-state index is 0.00325. The number of nitrogens with zero attached hydrogens (tertiary/aromatic N) is 1. The monoisotopic (exact) mass is 416 g/mol. The van der Waals surface area contributed by atoms with Crippen LogP contribution in [-0.4, -0.2) is 32.3 Å². The van der Waals surface area contributed by atoms with Gasteiger partial charge in [-0.05, 0) is 62.2 Å². The van der Waals surface area contributed by atoms with Gasteiger partial charge >= 0.3 is 0 Å². The van der Waals surface area contributed by atoms with Gasteiger partial charge in [-0.25, -0.2) is 0 Å². The molecule has 2 aromatic carbocycles. The molecule has 0 saturated carbocycles. The Morgan fingerprint density at radius 2 is 2.06 bits per heavy atom. The molecule has 0 spiro atoms. The van der Waals surface area contributed by atoms with E-state index in [4.69, 9.17) is 14.2 Å². The molecule has 1 saturated heterocycles. The van der Waals surface area contributed by atoms with E-state index in [0.29, 0.717) is 30.2 Å². The number of carbonyl (C=O) groups is 1. The molecule has 6 heteroatoms. The smallest absolute Gasteiger partial charge is 0.262 e. The van der Waals surface area contributed by atoms with E-state index in [0.717, 1.165) is 35.3 Å². The van der Waals surface area contributed by atoms with E-state index in [-0.39, 0.29) is 11.7 Å². The first-order valence-corrected chi connectivity index (χ1v) is 10.3. The Morgan fingerprint density at radius 1 is 1.26 bits per heavy atom. The van der Waals surface area contributed by atoms with Crippen molar-refractivity contribution in [1.29, 1.82) is 5.26 Å². The Labute approximate surface area is 181 Å². The van der Waals surface area contributed by atoms with Crippen LogP contribution in [0.4, 0.5) is 0 Å². The third kappa shape index (κ3) is 4.47. The second kappa shape index (κ2) is 9.07. The number of ether oxygens (including phenoxy) is 3. The van der Waals surface area contributed by atoms with Gasteiger partial charge in [-0.3, -0.25) is 4.79 Å². The molecule has 1 fully saturated rings. The SMILES string of the molecule is COc1ccc(C2=CC(=C(C#N)C(=O)NCC3CCCO3)c3cc(C)ccc3O2)cc1. The number of benzene rings is 2. The summed E-state index contributed by atoms with van der Waals surface area (Å²) in [7, 11) is 1.61. The van der Waals surface area contributed by atoms with E-state index >= 15 is 0 Å². The number of hydrogen-bond donors (Lipinski definition) is 1. The first kappa shape index (κ1) is 20.7. The van der Waals surface area contributed by atoms with Gasteiger partial charge in [0.25, 0.3) is 5.91 Å². The molecule has 158 valence electrons. The van der Waals surface area contributed by atoms with Gasteiger partial charge in [-0.2, -0.15) is 5.26 Å². The molecule has 1 atom stereocenters. The third-order valence-corrected chi connectivity index (χ3v) is 5.42. The van der Waals surface area contributed by atoms with Crippen LogP contribution in [0.5, 0.6) is 11.5 Å². The quantitative estimate of drug-likeness (QED) is 0.588. The maximum atomic E-state index is 12.9. The molecule has 31 heavy (non-hydrogen) atoms. The van der Waals surface area contributed by atoms with Gasteiger partial charge in [0.2, 0.25) is 0 Å². The Kier molecular flexibility index (Phi) is 6.06. The predicted molar refractivity (Wildman–Crippen MR) is 117 cm³/mol. The maximum Gasteiger partial charge on any atom is 0.262 e. The molecule has 0 radical (unpaired) electrons. The van der Waals surface area contributed by atoms with Crippen molar-refractivity contribution in [3.05, 3.63) is 70.8 Å². The van der Waals surface area contributed by atoms with Crippen LogP contribution in [0.15, 0.2) is 54.1 Å². The van der Waals surface area contributed by atoms with Gasteiger partial charge in [-0.1, -0.05) is 11.6 Å². The normalized spacial score (nSPS) is 18.9. The van der Waals surface area contributed by atoms with Crippen molar-refractivity contribution >= 4 is 17.2 Å². The lowest BCUT2D eigenvalue weighted by atomic mass is 9.93. The fourth-order valence-electron chi connectivity index (χ4n) is 3.74. The van der Waals surface area contributed by atoms with E-state index in [1.165, 1.54) is 0 Å². The van der Waals surface area contributed by atoms with Gasteiger partial charge in [-0.15, -0.1) is 0 Å². The highest BCUT2D eigenvalue weighted by Crippen LogP contribution is 2.39. The number of hydrogen-bond acceptors (Lipinski definition) is 5. The fraction of sp³-hybridized carbons (Fsp3) is 0.280. The number of nitrogens with one attached hydrogen (secondary N) is 1. The molecule has 0 aliphatic carbocycles. The van der Waals surface area contributed by atoms with Crippen molar-refractivity contribution in [3.63, 3.8) is 0 Å². The van der Waals surface area contributed by atoms with E-state index in [2.05, 4.69) is 11.4 Å². The lowest BCUT2D eigenvalue weighted by Crippen LogP contribution is -2.33. The molecule has 6 nitrogen and oxygen atoms in total. The molecule has 2 aliphatic heterocycles. The van der Waals surface area contributed by atoms with Crippen LogP contribution in [0.3, 0.4) is 0 Å². The molecular weight excluding hydrogens is 392 g/mol. The summed E-state index contributed by atoms with van der Waals surface area (Å²) in [4.78, 5) is 12.9. The van der Waals surface area contributed by atoms with Gasteiger partial charge in [0.15, 0.2) is 0 Å². The van der Waals surface area contributed by atoms with Crippen molar-refractivity contribution in [2.45, 2.75) is 25.9 Å². The highest BCUT2D eigenvalue weighted by atomic mass is 16.5. The summed E-state index contributed by atoms with van der Waals surface area (Å²) in [5.41, 5.74) is 3.16. The standard InChI is InChI=1S/C25H24N2O4/c1-16-5-10-23-21(12-16)20(13-24(31-23)17-6-8-18(29-2)9-7-17)22(14-26)25(28)27-15-19-4-3-11-30-19/h5-10,12-13,19H,3-4,11,15H2,1-2H3,(H,27,28).